The number of benzene rings is 3. The molecule has 0 aromatic heterocycles. The topological polar surface area (TPSA) is 83.8 Å². The lowest BCUT2D eigenvalue weighted by molar-refractivity contribution is -0.384. The van der Waals surface area contributed by atoms with Crippen LogP contribution in [0, 0.1) is 24.0 Å². The minimum atomic E-state index is -3.74. The SMILES string of the molecule is Cc1ccc(N(C2CCN(Cc3cccc([N+](=O)[O-])c3)CC2)S(=O)(=O)c2ccc(C)cc2)cc1. The van der Waals surface area contributed by atoms with E-state index >= 15 is 0 Å². The van der Waals surface area contributed by atoms with Crippen molar-refractivity contribution < 1.29 is 13.3 Å². The first-order chi connectivity index (χ1) is 16.2. The quantitative estimate of drug-likeness (QED) is 0.349. The molecule has 8 heteroatoms. The zero-order valence-corrected chi connectivity index (χ0v) is 20.2. The Morgan fingerprint density at radius 3 is 2.12 bits per heavy atom. The van der Waals surface area contributed by atoms with Crippen molar-refractivity contribution >= 4 is 21.4 Å². The normalized spacial score (nSPS) is 15.2. The summed E-state index contributed by atoms with van der Waals surface area (Å²) in [5, 5.41) is 11.1. The monoisotopic (exact) mass is 479 g/mol. The van der Waals surface area contributed by atoms with E-state index in [1.807, 2.05) is 56.3 Å². The smallest absolute Gasteiger partial charge is 0.269 e. The Kier molecular flexibility index (Phi) is 7.00. The van der Waals surface area contributed by atoms with Crippen molar-refractivity contribution in [1.29, 1.82) is 0 Å². The van der Waals surface area contributed by atoms with Gasteiger partial charge in [0.2, 0.25) is 0 Å². The average molecular weight is 480 g/mol. The Morgan fingerprint density at radius 2 is 1.53 bits per heavy atom. The van der Waals surface area contributed by atoms with Gasteiger partial charge in [-0.2, -0.15) is 0 Å². The van der Waals surface area contributed by atoms with E-state index in [0.29, 0.717) is 38.2 Å². The summed E-state index contributed by atoms with van der Waals surface area (Å²) >= 11 is 0. The largest absolute Gasteiger partial charge is 0.299 e. The molecular formula is C26H29N3O4S. The van der Waals surface area contributed by atoms with Gasteiger partial charge in [-0.1, -0.05) is 47.5 Å². The van der Waals surface area contributed by atoms with Crippen molar-refractivity contribution in [3.8, 4) is 0 Å². The van der Waals surface area contributed by atoms with Crippen molar-refractivity contribution in [1.82, 2.24) is 4.90 Å². The molecule has 0 bridgehead atoms. The summed E-state index contributed by atoms with van der Waals surface area (Å²) in [6.07, 6.45) is 1.35. The van der Waals surface area contributed by atoms with Crippen molar-refractivity contribution in [2.24, 2.45) is 0 Å². The predicted octanol–water partition coefficient (Wildman–Crippen LogP) is 5.07. The summed E-state index contributed by atoms with van der Waals surface area (Å²) in [7, 11) is -3.74. The minimum Gasteiger partial charge on any atom is -0.299 e. The first kappa shape index (κ1) is 23.9. The molecule has 1 heterocycles. The summed E-state index contributed by atoms with van der Waals surface area (Å²) in [6.45, 7) is 5.93. The lowest BCUT2D eigenvalue weighted by atomic mass is 10.0. The van der Waals surface area contributed by atoms with E-state index in [1.165, 1.54) is 6.07 Å². The van der Waals surface area contributed by atoms with Crippen LogP contribution in [-0.2, 0) is 16.6 Å². The van der Waals surface area contributed by atoms with Crippen LogP contribution >= 0.6 is 0 Å². The second kappa shape index (κ2) is 9.95. The number of hydrogen-bond acceptors (Lipinski definition) is 5. The molecule has 0 atom stereocenters. The van der Waals surface area contributed by atoms with Crippen molar-refractivity contribution in [3.05, 3.63) is 99.6 Å². The number of nitro groups is 1. The molecule has 1 aliphatic heterocycles. The van der Waals surface area contributed by atoms with Gasteiger partial charge in [-0.25, -0.2) is 8.42 Å². The van der Waals surface area contributed by atoms with Gasteiger partial charge in [-0.15, -0.1) is 0 Å². The maximum absolute atomic E-state index is 13.8. The Bertz CT molecular complexity index is 1250. The van der Waals surface area contributed by atoms with Crippen LogP contribution in [0.2, 0.25) is 0 Å². The van der Waals surface area contributed by atoms with Gasteiger partial charge in [0.05, 0.1) is 15.5 Å². The average Bonchev–Trinajstić information content (AvgIpc) is 2.82. The second-order valence-corrected chi connectivity index (χ2v) is 10.7. The van der Waals surface area contributed by atoms with E-state index in [1.54, 1.807) is 28.6 Å². The molecule has 34 heavy (non-hydrogen) atoms. The van der Waals surface area contributed by atoms with Crippen LogP contribution in [0.25, 0.3) is 0 Å². The van der Waals surface area contributed by atoms with E-state index in [-0.39, 0.29) is 21.5 Å². The fourth-order valence-electron chi connectivity index (χ4n) is 4.40. The molecule has 178 valence electrons. The van der Waals surface area contributed by atoms with Crippen LogP contribution < -0.4 is 4.31 Å². The number of sulfonamides is 1. The van der Waals surface area contributed by atoms with Gasteiger partial charge in [0.25, 0.3) is 15.7 Å². The van der Waals surface area contributed by atoms with Gasteiger partial charge in [0, 0.05) is 37.8 Å². The third-order valence-electron chi connectivity index (χ3n) is 6.28. The summed E-state index contributed by atoms with van der Waals surface area (Å²) in [5.41, 5.74) is 3.72. The van der Waals surface area contributed by atoms with E-state index in [2.05, 4.69) is 4.90 Å². The number of non-ortho nitro benzene ring substituents is 1. The molecule has 4 rings (SSSR count). The molecule has 3 aromatic carbocycles. The molecule has 3 aromatic rings. The van der Waals surface area contributed by atoms with Gasteiger partial charge in [-0.3, -0.25) is 19.3 Å². The molecule has 0 radical (unpaired) electrons. The Balaban J connectivity index is 1.55. The Morgan fingerprint density at radius 1 is 0.941 bits per heavy atom. The Labute approximate surface area is 200 Å². The fraction of sp³-hybridized carbons (Fsp3) is 0.308. The van der Waals surface area contributed by atoms with Gasteiger partial charge in [0.15, 0.2) is 0 Å². The zero-order valence-electron chi connectivity index (χ0n) is 19.4. The van der Waals surface area contributed by atoms with E-state index < -0.39 is 10.0 Å². The molecule has 0 spiro atoms. The third kappa shape index (κ3) is 5.29. The van der Waals surface area contributed by atoms with Gasteiger partial charge >= 0.3 is 0 Å². The predicted molar refractivity (Wildman–Crippen MR) is 133 cm³/mol. The standard InChI is InChI=1S/C26H29N3O4S/c1-20-6-10-23(11-7-20)28(34(32,33)26-12-8-21(2)9-13-26)24-14-16-27(17-15-24)19-22-4-3-5-25(18-22)29(30)31/h3-13,18,24H,14-17,19H2,1-2H3. The van der Waals surface area contributed by atoms with Crippen molar-refractivity contribution in [2.75, 3.05) is 17.4 Å². The third-order valence-corrected chi connectivity index (χ3v) is 8.18. The molecule has 0 N–H and O–H groups in total. The van der Waals surface area contributed by atoms with E-state index in [0.717, 1.165) is 16.7 Å². The first-order valence-corrected chi connectivity index (χ1v) is 12.8. The Hall–Kier alpha value is -3.23. The minimum absolute atomic E-state index is 0.0853. The first-order valence-electron chi connectivity index (χ1n) is 11.4. The van der Waals surface area contributed by atoms with Crippen molar-refractivity contribution in [3.63, 3.8) is 0 Å². The number of nitro benzene ring substituents is 1. The number of hydrogen-bond donors (Lipinski definition) is 0. The summed E-state index contributed by atoms with van der Waals surface area (Å²) < 4.78 is 29.1. The lowest BCUT2D eigenvalue weighted by Gasteiger charge is -2.39. The van der Waals surface area contributed by atoms with Crippen LogP contribution in [-0.4, -0.2) is 37.4 Å². The number of rotatable bonds is 7. The zero-order chi connectivity index (χ0) is 24.3. The summed E-state index contributed by atoms with van der Waals surface area (Å²) in [5.74, 6) is 0. The molecule has 0 unspecified atom stereocenters. The molecule has 0 aliphatic carbocycles. The maximum Gasteiger partial charge on any atom is 0.269 e. The number of piperidine rings is 1. The molecule has 1 fully saturated rings. The van der Waals surface area contributed by atoms with Crippen molar-refractivity contribution in [2.45, 2.75) is 44.2 Å². The molecule has 0 saturated carbocycles. The van der Waals surface area contributed by atoms with E-state index in [9.17, 15) is 18.5 Å². The van der Waals surface area contributed by atoms with Crippen LogP contribution in [0.15, 0.2) is 77.7 Å². The molecule has 7 nitrogen and oxygen atoms in total. The van der Waals surface area contributed by atoms with Gasteiger partial charge < -0.3 is 0 Å². The highest BCUT2D eigenvalue weighted by molar-refractivity contribution is 7.92. The van der Waals surface area contributed by atoms with Crippen LogP contribution in [0.4, 0.5) is 11.4 Å². The maximum atomic E-state index is 13.8. The number of anilines is 1. The number of nitrogens with zero attached hydrogens (tertiary/aromatic N) is 3. The molecule has 0 amide bonds. The van der Waals surface area contributed by atoms with Gasteiger partial charge in [0.1, 0.15) is 0 Å². The van der Waals surface area contributed by atoms with Crippen LogP contribution in [0.3, 0.4) is 0 Å². The molecule has 1 aliphatic rings. The highest BCUT2D eigenvalue weighted by atomic mass is 32.2. The second-order valence-electron chi connectivity index (χ2n) is 8.88. The molecular weight excluding hydrogens is 450 g/mol. The summed E-state index contributed by atoms with van der Waals surface area (Å²) in [6, 6.07) is 21.1. The number of likely N-dealkylation sites (tertiary alicyclic amines) is 1. The molecule has 1 saturated heterocycles. The summed E-state index contributed by atoms with van der Waals surface area (Å²) in [4.78, 5) is 13.2. The van der Waals surface area contributed by atoms with Crippen LogP contribution in [0.5, 0.6) is 0 Å². The van der Waals surface area contributed by atoms with Gasteiger partial charge in [-0.05, 0) is 56.5 Å². The highest BCUT2D eigenvalue weighted by Crippen LogP contribution is 2.31. The van der Waals surface area contributed by atoms with E-state index in [4.69, 9.17) is 0 Å². The van der Waals surface area contributed by atoms with Crippen LogP contribution in [0.1, 0.15) is 29.5 Å². The highest BCUT2D eigenvalue weighted by Gasteiger charge is 2.34. The lowest BCUT2D eigenvalue weighted by Crippen LogP contribution is -2.47. The number of aryl methyl sites for hydroxylation is 2. The fourth-order valence-corrected chi connectivity index (χ4v) is 6.11.